The summed E-state index contributed by atoms with van der Waals surface area (Å²) in [6, 6.07) is 8.08. The van der Waals surface area contributed by atoms with E-state index in [1.807, 2.05) is 24.3 Å². The summed E-state index contributed by atoms with van der Waals surface area (Å²) < 4.78 is 2.33. The summed E-state index contributed by atoms with van der Waals surface area (Å²) in [5.41, 5.74) is 0. The lowest BCUT2D eigenvalue weighted by molar-refractivity contribution is -0.118. The quantitative estimate of drug-likeness (QED) is 0.470. The Bertz CT molecular complexity index is 745. The summed E-state index contributed by atoms with van der Waals surface area (Å²) in [6.45, 7) is 0.659. The van der Waals surface area contributed by atoms with Gasteiger partial charge in [-0.1, -0.05) is 36.2 Å². The first kappa shape index (κ1) is 20.6. The van der Waals surface area contributed by atoms with E-state index in [0.29, 0.717) is 23.4 Å². The first-order valence-electron chi connectivity index (χ1n) is 9.30. The molecule has 1 fully saturated rings. The monoisotopic (exact) mass is 424 g/mol. The highest BCUT2D eigenvalue weighted by atomic mass is 35.5. The van der Waals surface area contributed by atoms with Crippen molar-refractivity contribution in [2.24, 2.45) is 0 Å². The minimum atomic E-state index is 0.0528. The Labute approximate surface area is 174 Å². The van der Waals surface area contributed by atoms with E-state index in [9.17, 15) is 4.79 Å². The number of aryl methyl sites for hydroxylation is 1. The minimum Gasteiger partial charge on any atom is -0.355 e. The Morgan fingerprint density at radius 2 is 2.00 bits per heavy atom. The van der Waals surface area contributed by atoms with Crippen LogP contribution in [-0.4, -0.2) is 39.2 Å². The van der Waals surface area contributed by atoms with Crippen molar-refractivity contribution < 1.29 is 4.79 Å². The molecular weight excluding hydrogens is 400 g/mol. The van der Waals surface area contributed by atoms with Crippen LogP contribution in [-0.2, 0) is 11.2 Å². The normalized spacial score (nSPS) is 14.6. The molecule has 1 aliphatic rings. The van der Waals surface area contributed by atoms with Crippen molar-refractivity contribution >= 4 is 41.0 Å². The first-order valence-corrected chi connectivity index (χ1v) is 11.9. The molecule has 3 rings (SSSR count). The molecule has 5 nitrogen and oxygen atoms in total. The second-order valence-corrected chi connectivity index (χ2v) is 8.87. The second kappa shape index (κ2) is 10.4. The van der Waals surface area contributed by atoms with E-state index in [4.69, 9.17) is 11.6 Å². The summed E-state index contributed by atoms with van der Waals surface area (Å²) >= 11 is 9.05. The largest absolute Gasteiger partial charge is 0.355 e. The van der Waals surface area contributed by atoms with Crippen LogP contribution in [0.5, 0.6) is 0 Å². The zero-order valence-corrected chi connectivity index (χ0v) is 17.9. The third-order valence-corrected chi connectivity index (χ3v) is 6.60. The molecule has 2 aromatic rings. The van der Waals surface area contributed by atoms with Crippen LogP contribution in [0.3, 0.4) is 0 Å². The predicted molar refractivity (Wildman–Crippen MR) is 113 cm³/mol. The molecule has 0 unspecified atom stereocenters. The Balaban J connectivity index is 1.41. The number of thioether (sulfide) groups is 2. The fraction of sp³-hybridized carbons (Fsp3) is 0.526. The molecule has 0 aliphatic heterocycles. The number of amides is 1. The van der Waals surface area contributed by atoms with Crippen LogP contribution in [0.4, 0.5) is 0 Å². The lowest BCUT2D eigenvalue weighted by Gasteiger charge is -2.16. The summed E-state index contributed by atoms with van der Waals surface area (Å²) in [5.74, 6) is 1.52. The lowest BCUT2D eigenvalue weighted by atomic mass is 10.2. The number of aromatic nitrogens is 3. The van der Waals surface area contributed by atoms with E-state index < -0.39 is 0 Å². The van der Waals surface area contributed by atoms with Crippen molar-refractivity contribution in [1.82, 2.24) is 20.1 Å². The van der Waals surface area contributed by atoms with E-state index in [2.05, 4.69) is 26.3 Å². The molecule has 1 N–H and O–H groups in total. The molecule has 1 amide bonds. The summed E-state index contributed by atoms with van der Waals surface area (Å²) in [5, 5.41) is 13.5. The van der Waals surface area contributed by atoms with Gasteiger partial charge >= 0.3 is 0 Å². The predicted octanol–water partition coefficient (Wildman–Crippen LogP) is 4.61. The number of hydrogen-bond donors (Lipinski definition) is 1. The van der Waals surface area contributed by atoms with Crippen molar-refractivity contribution in [1.29, 1.82) is 0 Å². The van der Waals surface area contributed by atoms with Gasteiger partial charge in [-0.2, -0.15) is 0 Å². The highest BCUT2D eigenvalue weighted by molar-refractivity contribution is 8.00. The average Bonchev–Trinajstić information content (AvgIpc) is 3.33. The smallest absolute Gasteiger partial charge is 0.230 e. The molecule has 0 saturated heterocycles. The van der Waals surface area contributed by atoms with Crippen molar-refractivity contribution in [3.63, 3.8) is 0 Å². The van der Waals surface area contributed by atoms with E-state index in [1.54, 1.807) is 11.8 Å². The maximum Gasteiger partial charge on any atom is 0.230 e. The van der Waals surface area contributed by atoms with Gasteiger partial charge in [0, 0.05) is 28.9 Å². The van der Waals surface area contributed by atoms with Gasteiger partial charge in [0.1, 0.15) is 5.82 Å². The van der Waals surface area contributed by atoms with Crippen LogP contribution in [0.15, 0.2) is 34.3 Å². The molecule has 1 aromatic carbocycles. The fourth-order valence-electron chi connectivity index (χ4n) is 3.35. The van der Waals surface area contributed by atoms with Gasteiger partial charge in [-0.15, -0.1) is 22.0 Å². The van der Waals surface area contributed by atoms with E-state index in [0.717, 1.165) is 28.7 Å². The number of halogens is 1. The van der Waals surface area contributed by atoms with Crippen LogP contribution < -0.4 is 5.32 Å². The highest BCUT2D eigenvalue weighted by Gasteiger charge is 2.23. The maximum atomic E-state index is 12.0. The van der Waals surface area contributed by atoms with Gasteiger partial charge in [-0.3, -0.25) is 4.79 Å². The van der Waals surface area contributed by atoms with Crippen molar-refractivity contribution in [3.8, 4) is 0 Å². The molecule has 1 aliphatic carbocycles. The zero-order chi connectivity index (χ0) is 19.1. The number of carbonyl (C=O) groups excluding carboxylic acids is 1. The Morgan fingerprint density at radius 3 is 2.70 bits per heavy atom. The number of rotatable bonds is 9. The van der Waals surface area contributed by atoms with E-state index >= 15 is 0 Å². The molecule has 8 heteroatoms. The third-order valence-electron chi connectivity index (χ3n) is 4.69. The zero-order valence-electron chi connectivity index (χ0n) is 15.5. The molecular formula is C19H25ClN4OS2. The molecule has 0 spiro atoms. The van der Waals surface area contributed by atoms with Crippen LogP contribution in [0.2, 0.25) is 5.02 Å². The second-order valence-electron chi connectivity index (χ2n) is 6.61. The average molecular weight is 425 g/mol. The topological polar surface area (TPSA) is 59.8 Å². The SMILES string of the molecule is CSc1nnc(CCCNC(=O)CSc2ccc(Cl)cc2)n1C1CCCC1. The van der Waals surface area contributed by atoms with Crippen molar-refractivity contribution in [3.05, 3.63) is 35.1 Å². The molecule has 0 atom stereocenters. The minimum absolute atomic E-state index is 0.0528. The summed E-state index contributed by atoms with van der Waals surface area (Å²) in [4.78, 5) is 13.1. The molecule has 0 radical (unpaired) electrons. The number of nitrogens with zero attached hydrogens (tertiary/aromatic N) is 3. The van der Waals surface area contributed by atoms with Crippen molar-refractivity contribution in [2.75, 3.05) is 18.6 Å². The molecule has 1 aromatic heterocycles. The fourth-order valence-corrected chi connectivity index (χ4v) is 4.78. The Kier molecular flexibility index (Phi) is 7.91. The van der Waals surface area contributed by atoms with Gasteiger partial charge in [0.2, 0.25) is 5.91 Å². The lowest BCUT2D eigenvalue weighted by Crippen LogP contribution is -2.26. The maximum absolute atomic E-state index is 12.0. The molecule has 1 heterocycles. The molecule has 27 heavy (non-hydrogen) atoms. The van der Waals surface area contributed by atoms with Crippen LogP contribution >= 0.6 is 35.1 Å². The van der Waals surface area contributed by atoms with E-state index in [-0.39, 0.29) is 5.91 Å². The summed E-state index contributed by atoms with van der Waals surface area (Å²) in [7, 11) is 0. The van der Waals surface area contributed by atoms with Gasteiger partial charge in [-0.05, 0) is 49.8 Å². The van der Waals surface area contributed by atoms with Gasteiger partial charge in [0.25, 0.3) is 0 Å². The van der Waals surface area contributed by atoms with Crippen molar-refractivity contribution in [2.45, 2.75) is 54.6 Å². The Morgan fingerprint density at radius 1 is 1.26 bits per heavy atom. The molecule has 146 valence electrons. The van der Waals surface area contributed by atoms with Gasteiger partial charge in [0.15, 0.2) is 5.16 Å². The number of nitrogens with one attached hydrogen (secondary N) is 1. The first-order chi connectivity index (χ1) is 13.2. The number of benzene rings is 1. The van der Waals surface area contributed by atoms with Crippen LogP contribution in [0.1, 0.15) is 44.0 Å². The molecule has 1 saturated carbocycles. The molecule has 0 bridgehead atoms. The standard InChI is InChI=1S/C19H25ClN4OS2/c1-26-19-23-22-17(24(19)15-5-2-3-6-15)7-4-12-21-18(25)13-27-16-10-8-14(20)9-11-16/h8-11,15H,2-7,12-13H2,1H3,(H,21,25). The highest BCUT2D eigenvalue weighted by Crippen LogP contribution is 2.33. The number of hydrogen-bond acceptors (Lipinski definition) is 5. The Hall–Kier alpha value is -1.18. The van der Waals surface area contributed by atoms with E-state index in [1.165, 1.54) is 37.4 Å². The van der Waals surface area contributed by atoms with Gasteiger partial charge in [-0.25, -0.2) is 0 Å². The van der Waals surface area contributed by atoms with Crippen LogP contribution in [0.25, 0.3) is 0 Å². The third kappa shape index (κ3) is 5.90. The summed E-state index contributed by atoms with van der Waals surface area (Å²) in [6.07, 6.45) is 8.78. The number of carbonyl (C=O) groups is 1. The van der Waals surface area contributed by atoms with Crippen LogP contribution in [0, 0.1) is 0 Å². The van der Waals surface area contributed by atoms with Gasteiger partial charge in [0.05, 0.1) is 5.75 Å². The van der Waals surface area contributed by atoms with Gasteiger partial charge < -0.3 is 9.88 Å².